The van der Waals surface area contributed by atoms with Gasteiger partial charge in [0, 0.05) is 41.2 Å². The van der Waals surface area contributed by atoms with Crippen molar-refractivity contribution in [3.05, 3.63) is 66.2 Å². The minimum atomic E-state index is -0.712. The summed E-state index contributed by atoms with van der Waals surface area (Å²) in [5.41, 5.74) is 1.10. The Hall–Kier alpha value is -3.09. The third kappa shape index (κ3) is 4.60. The van der Waals surface area contributed by atoms with Crippen LogP contribution in [0.2, 0.25) is 0 Å². The fourth-order valence-corrected chi connectivity index (χ4v) is 6.10. The van der Waals surface area contributed by atoms with Crippen LogP contribution in [0.15, 0.2) is 60.7 Å². The molecule has 184 valence electrons. The Kier molecular flexibility index (Phi) is 6.67. The van der Waals surface area contributed by atoms with E-state index in [2.05, 4.69) is 10.2 Å². The molecule has 2 N–H and O–H groups in total. The Balaban J connectivity index is 1.45. The number of aliphatic hydroxyl groups is 1. The zero-order chi connectivity index (χ0) is 24.4. The first-order chi connectivity index (χ1) is 17.0. The van der Waals surface area contributed by atoms with Crippen LogP contribution in [0.3, 0.4) is 0 Å². The number of fused-ring (bicyclic) bond motifs is 2. The van der Waals surface area contributed by atoms with Crippen LogP contribution in [-0.2, 0) is 4.79 Å². The fourth-order valence-electron chi connectivity index (χ4n) is 6.10. The predicted molar refractivity (Wildman–Crippen MR) is 138 cm³/mol. The van der Waals surface area contributed by atoms with E-state index in [1.165, 1.54) is 0 Å². The molecule has 3 aromatic rings. The molecule has 6 nitrogen and oxygen atoms in total. The Bertz CT molecular complexity index is 1210. The average Bonchev–Trinajstić information content (AvgIpc) is 2.88. The van der Waals surface area contributed by atoms with E-state index in [1.54, 1.807) is 14.2 Å². The number of nitrogens with zero attached hydrogens (tertiary/aromatic N) is 1. The monoisotopic (exact) mass is 474 g/mol. The van der Waals surface area contributed by atoms with E-state index in [-0.39, 0.29) is 24.4 Å². The fraction of sp³-hybridized carbons (Fsp3) is 0.414. The van der Waals surface area contributed by atoms with Crippen LogP contribution in [0.1, 0.15) is 43.7 Å². The van der Waals surface area contributed by atoms with E-state index in [9.17, 15) is 9.90 Å². The molecular formula is C29H34N2O4. The quantitative estimate of drug-likeness (QED) is 0.516. The zero-order valence-electron chi connectivity index (χ0n) is 20.5. The van der Waals surface area contributed by atoms with Crippen LogP contribution in [0.5, 0.6) is 11.5 Å². The van der Waals surface area contributed by atoms with Gasteiger partial charge in [0.2, 0.25) is 5.91 Å². The number of carbonyl (C=O) groups is 1. The number of ether oxygens (including phenoxy) is 2. The number of methoxy groups -OCH3 is 2. The average molecular weight is 475 g/mol. The van der Waals surface area contributed by atoms with Gasteiger partial charge in [0.25, 0.3) is 0 Å². The summed E-state index contributed by atoms with van der Waals surface area (Å²) in [6, 6.07) is 19.7. The van der Waals surface area contributed by atoms with Crippen molar-refractivity contribution in [1.82, 2.24) is 4.90 Å². The molecule has 2 aliphatic rings. The molecule has 0 radical (unpaired) electrons. The van der Waals surface area contributed by atoms with Gasteiger partial charge in [-0.3, -0.25) is 9.69 Å². The molecule has 1 heterocycles. The molecule has 3 unspecified atom stereocenters. The van der Waals surface area contributed by atoms with E-state index >= 15 is 0 Å². The number of hydrogen-bond acceptors (Lipinski definition) is 5. The first-order valence-electron chi connectivity index (χ1n) is 12.5. The number of likely N-dealkylation sites (tertiary alicyclic amines) is 1. The van der Waals surface area contributed by atoms with Gasteiger partial charge in [-0.2, -0.15) is 0 Å². The third-order valence-electron chi connectivity index (χ3n) is 7.84. The van der Waals surface area contributed by atoms with Crippen molar-refractivity contribution < 1.29 is 19.4 Å². The lowest BCUT2D eigenvalue weighted by Gasteiger charge is -2.52. The van der Waals surface area contributed by atoms with Crippen molar-refractivity contribution in [2.45, 2.75) is 43.7 Å². The summed E-state index contributed by atoms with van der Waals surface area (Å²) < 4.78 is 11.2. The maximum Gasteiger partial charge on any atom is 0.238 e. The van der Waals surface area contributed by atoms with Crippen LogP contribution in [0, 0.1) is 5.92 Å². The molecule has 3 aromatic carbocycles. The summed E-state index contributed by atoms with van der Waals surface area (Å²) in [5, 5.41) is 16.9. The van der Waals surface area contributed by atoms with E-state index in [4.69, 9.17) is 9.47 Å². The van der Waals surface area contributed by atoms with Gasteiger partial charge in [-0.25, -0.2) is 0 Å². The molecule has 0 bridgehead atoms. The molecule has 35 heavy (non-hydrogen) atoms. The van der Waals surface area contributed by atoms with Gasteiger partial charge in [0.05, 0.1) is 26.4 Å². The Morgan fingerprint density at radius 2 is 1.89 bits per heavy atom. The van der Waals surface area contributed by atoms with E-state index in [1.807, 2.05) is 60.7 Å². The summed E-state index contributed by atoms with van der Waals surface area (Å²) in [5.74, 6) is 1.43. The van der Waals surface area contributed by atoms with Gasteiger partial charge in [0.15, 0.2) is 0 Å². The van der Waals surface area contributed by atoms with Crippen LogP contribution >= 0.6 is 0 Å². The highest BCUT2D eigenvalue weighted by Crippen LogP contribution is 2.51. The molecule has 1 amide bonds. The van der Waals surface area contributed by atoms with Gasteiger partial charge in [-0.1, -0.05) is 55.3 Å². The summed E-state index contributed by atoms with van der Waals surface area (Å²) >= 11 is 0. The highest BCUT2D eigenvalue weighted by molar-refractivity contribution is 6.02. The summed E-state index contributed by atoms with van der Waals surface area (Å²) in [6.45, 7) is 0.894. The van der Waals surface area contributed by atoms with Crippen LogP contribution in [0.4, 0.5) is 5.69 Å². The lowest BCUT2D eigenvalue weighted by molar-refractivity contribution is -0.135. The highest BCUT2D eigenvalue weighted by atomic mass is 16.5. The van der Waals surface area contributed by atoms with Gasteiger partial charge >= 0.3 is 0 Å². The Morgan fingerprint density at radius 1 is 1.06 bits per heavy atom. The SMILES string of the molecule is COc1ccc(C2C3CCCCC3(O)CCN2CC(=O)Nc2cccc3ccccc23)c(OC)c1. The molecule has 6 heteroatoms. The number of piperidine rings is 1. The number of rotatable bonds is 6. The molecule has 0 aromatic heterocycles. The van der Waals surface area contributed by atoms with Crippen LogP contribution in [0.25, 0.3) is 10.8 Å². The molecule has 2 fully saturated rings. The smallest absolute Gasteiger partial charge is 0.238 e. The van der Waals surface area contributed by atoms with Crippen molar-refractivity contribution in [3.8, 4) is 11.5 Å². The van der Waals surface area contributed by atoms with Crippen LogP contribution < -0.4 is 14.8 Å². The minimum absolute atomic E-state index is 0.0395. The van der Waals surface area contributed by atoms with Gasteiger partial charge in [0.1, 0.15) is 11.5 Å². The van der Waals surface area contributed by atoms with Crippen molar-refractivity contribution in [2.75, 3.05) is 32.6 Å². The predicted octanol–water partition coefficient (Wildman–Crippen LogP) is 5.16. The van der Waals surface area contributed by atoms with Crippen LogP contribution in [-0.4, -0.2) is 48.8 Å². The number of nitrogens with one attached hydrogen (secondary N) is 1. The lowest BCUT2D eigenvalue weighted by Crippen LogP contribution is -2.56. The molecule has 1 saturated carbocycles. The van der Waals surface area contributed by atoms with E-state index in [0.29, 0.717) is 13.0 Å². The van der Waals surface area contributed by atoms with E-state index < -0.39 is 5.60 Å². The third-order valence-corrected chi connectivity index (χ3v) is 7.84. The maximum absolute atomic E-state index is 13.3. The number of benzene rings is 3. The Labute approximate surface area is 206 Å². The summed E-state index contributed by atoms with van der Waals surface area (Å²) in [4.78, 5) is 15.5. The molecule has 0 spiro atoms. The second-order valence-electron chi connectivity index (χ2n) is 9.80. The summed E-state index contributed by atoms with van der Waals surface area (Å²) in [6.07, 6.45) is 4.54. The van der Waals surface area contributed by atoms with Crippen molar-refractivity contribution in [2.24, 2.45) is 5.92 Å². The number of anilines is 1. The number of hydrogen-bond donors (Lipinski definition) is 2. The standard InChI is InChI=1S/C29H34N2O4/c1-34-21-13-14-23(26(18-21)35-2)28-24-11-5-6-15-29(24,33)16-17-31(28)19-27(32)30-25-12-7-9-20-8-3-4-10-22(20)25/h3-4,7-10,12-14,18,24,28,33H,5-6,11,15-17,19H2,1-2H3,(H,30,32). The van der Waals surface area contributed by atoms with Gasteiger partial charge in [-0.05, 0) is 36.8 Å². The van der Waals surface area contributed by atoms with Gasteiger partial charge in [-0.15, -0.1) is 0 Å². The molecule has 5 rings (SSSR count). The first-order valence-corrected chi connectivity index (χ1v) is 12.5. The maximum atomic E-state index is 13.3. The van der Waals surface area contributed by atoms with E-state index in [0.717, 1.165) is 59.2 Å². The molecule has 1 saturated heterocycles. The summed E-state index contributed by atoms with van der Waals surface area (Å²) in [7, 11) is 3.30. The van der Waals surface area contributed by atoms with Crippen molar-refractivity contribution >= 4 is 22.4 Å². The molecule has 1 aliphatic heterocycles. The normalized spacial score (nSPS) is 24.5. The largest absolute Gasteiger partial charge is 0.497 e. The molecule has 3 atom stereocenters. The number of carbonyl (C=O) groups excluding carboxylic acids is 1. The first kappa shape index (κ1) is 23.6. The molecular weight excluding hydrogens is 440 g/mol. The number of amides is 1. The van der Waals surface area contributed by atoms with Crippen molar-refractivity contribution in [1.29, 1.82) is 0 Å². The Morgan fingerprint density at radius 3 is 2.71 bits per heavy atom. The second-order valence-corrected chi connectivity index (χ2v) is 9.80. The minimum Gasteiger partial charge on any atom is -0.497 e. The topological polar surface area (TPSA) is 71.0 Å². The lowest BCUT2D eigenvalue weighted by atomic mass is 9.66. The zero-order valence-corrected chi connectivity index (χ0v) is 20.5. The highest BCUT2D eigenvalue weighted by Gasteiger charge is 2.49. The van der Waals surface area contributed by atoms with Crippen molar-refractivity contribution in [3.63, 3.8) is 0 Å². The van der Waals surface area contributed by atoms with Gasteiger partial charge < -0.3 is 19.9 Å². The second kappa shape index (κ2) is 9.88. The molecule has 1 aliphatic carbocycles.